The second kappa shape index (κ2) is 4.81. The molecule has 1 heterocycles. The van der Waals surface area contributed by atoms with E-state index in [1.54, 1.807) is 0 Å². The molecule has 0 radical (unpaired) electrons. The first-order chi connectivity index (χ1) is 9.63. The summed E-state index contributed by atoms with van der Waals surface area (Å²) in [5, 5.41) is 4.03. The Balaban J connectivity index is 1.97. The zero-order valence-corrected chi connectivity index (χ0v) is 11.4. The molecule has 0 amide bonds. The quantitative estimate of drug-likeness (QED) is 0.719. The average Bonchev–Trinajstić information content (AvgIpc) is 2.92. The van der Waals surface area contributed by atoms with Crippen LogP contribution in [0.2, 0.25) is 0 Å². The first-order valence-electron chi connectivity index (χ1n) is 6.41. The molecule has 0 unspecified atom stereocenters. The number of anilines is 1. The van der Waals surface area contributed by atoms with E-state index in [9.17, 15) is 0 Å². The summed E-state index contributed by atoms with van der Waals surface area (Å²) >= 11 is 0. The Morgan fingerprint density at radius 1 is 0.950 bits per heavy atom. The summed E-state index contributed by atoms with van der Waals surface area (Å²) in [6, 6.07) is 13.7. The van der Waals surface area contributed by atoms with E-state index in [2.05, 4.69) is 10.1 Å². The van der Waals surface area contributed by atoms with E-state index in [0.717, 1.165) is 22.4 Å². The highest BCUT2D eigenvalue weighted by Crippen LogP contribution is 2.24. The fourth-order valence-electron chi connectivity index (χ4n) is 1.97. The van der Waals surface area contributed by atoms with Crippen molar-refractivity contribution >= 4 is 5.69 Å². The van der Waals surface area contributed by atoms with Gasteiger partial charge in [0.15, 0.2) is 0 Å². The fraction of sp³-hybridized carbons (Fsp3) is 0.125. The summed E-state index contributed by atoms with van der Waals surface area (Å²) in [4.78, 5) is 4.43. The van der Waals surface area contributed by atoms with E-state index in [1.807, 2.05) is 56.3 Å². The van der Waals surface area contributed by atoms with Gasteiger partial charge >= 0.3 is 0 Å². The number of nitrogens with two attached hydrogens (primary N) is 1. The summed E-state index contributed by atoms with van der Waals surface area (Å²) in [6.07, 6.45) is 0. The third-order valence-corrected chi connectivity index (χ3v) is 3.25. The van der Waals surface area contributed by atoms with Gasteiger partial charge in [0, 0.05) is 16.8 Å². The molecule has 20 heavy (non-hydrogen) atoms. The van der Waals surface area contributed by atoms with Gasteiger partial charge in [-0.1, -0.05) is 22.9 Å². The molecule has 0 atom stereocenters. The monoisotopic (exact) mass is 265 g/mol. The first-order valence-corrected chi connectivity index (χ1v) is 6.41. The normalized spacial score (nSPS) is 10.7. The van der Waals surface area contributed by atoms with Crippen LogP contribution in [0.5, 0.6) is 0 Å². The number of rotatable bonds is 2. The van der Waals surface area contributed by atoms with Crippen molar-refractivity contribution in [1.82, 2.24) is 10.1 Å². The van der Waals surface area contributed by atoms with Gasteiger partial charge in [-0.3, -0.25) is 0 Å². The summed E-state index contributed by atoms with van der Waals surface area (Å²) in [7, 11) is 0. The third-order valence-electron chi connectivity index (χ3n) is 3.25. The molecule has 0 saturated heterocycles. The van der Waals surface area contributed by atoms with Gasteiger partial charge in [0.1, 0.15) is 0 Å². The lowest BCUT2D eigenvalue weighted by Crippen LogP contribution is -1.90. The van der Waals surface area contributed by atoms with Crippen molar-refractivity contribution in [1.29, 1.82) is 0 Å². The lowest BCUT2D eigenvalue weighted by atomic mass is 10.1. The van der Waals surface area contributed by atoms with Crippen LogP contribution in [0.25, 0.3) is 22.8 Å². The minimum absolute atomic E-state index is 0.523. The Bertz CT molecular complexity index is 745. The smallest absolute Gasteiger partial charge is 0.258 e. The Labute approximate surface area is 117 Å². The van der Waals surface area contributed by atoms with Gasteiger partial charge in [0.2, 0.25) is 5.82 Å². The Morgan fingerprint density at radius 2 is 1.65 bits per heavy atom. The lowest BCUT2D eigenvalue weighted by molar-refractivity contribution is 0.432. The SMILES string of the molecule is Cc1ccc(-c2nc(-c3ccc(N)c(C)c3)no2)cc1. The predicted molar refractivity (Wildman–Crippen MR) is 79.1 cm³/mol. The van der Waals surface area contributed by atoms with E-state index in [4.69, 9.17) is 10.3 Å². The highest BCUT2D eigenvalue weighted by Gasteiger charge is 2.11. The lowest BCUT2D eigenvalue weighted by Gasteiger charge is -2.00. The molecule has 1 aromatic heterocycles. The average molecular weight is 265 g/mol. The Kier molecular flexibility index (Phi) is 2.99. The van der Waals surface area contributed by atoms with Crippen molar-refractivity contribution in [2.75, 3.05) is 5.73 Å². The van der Waals surface area contributed by atoms with Gasteiger partial charge in [-0.25, -0.2) is 0 Å². The summed E-state index contributed by atoms with van der Waals surface area (Å²) in [6.45, 7) is 4.00. The van der Waals surface area contributed by atoms with Crippen LogP contribution in [0.4, 0.5) is 5.69 Å². The number of benzene rings is 2. The van der Waals surface area contributed by atoms with E-state index >= 15 is 0 Å². The molecule has 0 spiro atoms. The molecule has 2 aromatic carbocycles. The van der Waals surface area contributed by atoms with Crippen LogP contribution in [-0.2, 0) is 0 Å². The maximum atomic E-state index is 5.81. The topological polar surface area (TPSA) is 64.9 Å². The molecule has 4 heteroatoms. The molecule has 2 N–H and O–H groups in total. The van der Waals surface area contributed by atoms with E-state index in [0.29, 0.717) is 11.7 Å². The molecule has 0 aliphatic carbocycles. The van der Waals surface area contributed by atoms with E-state index < -0.39 is 0 Å². The number of nitrogen functional groups attached to an aromatic ring is 1. The Hall–Kier alpha value is -2.62. The number of hydrogen-bond acceptors (Lipinski definition) is 4. The van der Waals surface area contributed by atoms with Crippen molar-refractivity contribution in [2.45, 2.75) is 13.8 Å². The molecule has 3 aromatic rings. The zero-order chi connectivity index (χ0) is 14.1. The minimum atomic E-state index is 0.523. The number of aryl methyl sites for hydroxylation is 2. The zero-order valence-electron chi connectivity index (χ0n) is 11.4. The van der Waals surface area contributed by atoms with Crippen molar-refractivity contribution in [3.63, 3.8) is 0 Å². The highest BCUT2D eigenvalue weighted by atomic mass is 16.5. The number of hydrogen-bond donors (Lipinski definition) is 1. The molecule has 4 nitrogen and oxygen atoms in total. The van der Waals surface area contributed by atoms with Gasteiger partial charge in [0.25, 0.3) is 5.89 Å². The van der Waals surface area contributed by atoms with E-state index in [-0.39, 0.29) is 0 Å². The van der Waals surface area contributed by atoms with E-state index in [1.165, 1.54) is 5.56 Å². The van der Waals surface area contributed by atoms with Crippen molar-refractivity contribution in [2.24, 2.45) is 0 Å². The van der Waals surface area contributed by atoms with Gasteiger partial charge < -0.3 is 10.3 Å². The second-order valence-corrected chi connectivity index (χ2v) is 4.86. The van der Waals surface area contributed by atoms with Crippen LogP contribution in [0, 0.1) is 13.8 Å². The summed E-state index contributed by atoms with van der Waals surface area (Å²) < 4.78 is 5.32. The first kappa shape index (κ1) is 12.4. The highest BCUT2D eigenvalue weighted by molar-refractivity contribution is 5.64. The fourth-order valence-corrected chi connectivity index (χ4v) is 1.97. The van der Waals surface area contributed by atoms with Gasteiger partial charge in [-0.2, -0.15) is 4.98 Å². The number of aromatic nitrogens is 2. The van der Waals surface area contributed by atoms with Crippen LogP contribution in [0.3, 0.4) is 0 Å². The molecular formula is C16H15N3O. The molecule has 100 valence electrons. The van der Waals surface area contributed by atoms with Crippen LogP contribution < -0.4 is 5.73 Å². The molecular weight excluding hydrogens is 250 g/mol. The maximum absolute atomic E-state index is 5.81. The molecule has 3 rings (SSSR count). The summed E-state index contributed by atoms with van der Waals surface area (Å²) in [5.41, 5.74) is 10.6. The maximum Gasteiger partial charge on any atom is 0.258 e. The van der Waals surface area contributed by atoms with Gasteiger partial charge in [-0.15, -0.1) is 0 Å². The largest absolute Gasteiger partial charge is 0.399 e. The molecule has 0 bridgehead atoms. The minimum Gasteiger partial charge on any atom is -0.399 e. The van der Waals surface area contributed by atoms with Crippen LogP contribution in [-0.4, -0.2) is 10.1 Å². The van der Waals surface area contributed by atoms with Crippen molar-refractivity contribution < 1.29 is 4.52 Å². The van der Waals surface area contributed by atoms with Crippen LogP contribution >= 0.6 is 0 Å². The third kappa shape index (κ3) is 2.28. The van der Waals surface area contributed by atoms with Gasteiger partial charge in [0.05, 0.1) is 0 Å². The molecule has 0 saturated carbocycles. The van der Waals surface area contributed by atoms with Crippen LogP contribution in [0.1, 0.15) is 11.1 Å². The van der Waals surface area contributed by atoms with Crippen LogP contribution in [0.15, 0.2) is 47.0 Å². The van der Waals surface area contributed by atoms with Gasteiger partial charge in [-0.05, 0) is 49.7 Å². The standard InChI is InChI=1S/C16H15N3O/c1-10-3-5-12(6-4-10)16-18-15(19-20-16)13-7-8-14(17)11(2)9-13/h3-9H,17H2,1-2H3. The number of nitrogens with zero attached hydrogens (tertiary/aromatic N) is 2. The molecule has 0 aliphatic heterocycles. The predicted octanol–water partition coefficient (Wildman–Crippen LogP) is 3.60. The van der Waals surface area contributed by atoms with Crippen molar-refractivity contribution in [3.8, 4) is 22.8 Å². The second-order valence-electron chi connectivity index (χ2n) is 4.86. The molecule has 0 fully saturated rings. The Morgan fingerprint density at radius 3 is 2.35 bits per heavy atom. The summed E-state index contributed by atoms with van der Waals surface area (Å²) in [5.74, 6) is 1.10. The molecule has 0 aliphatic rings. The van der Waals surface area contributed by atoms with Crippen molar-refractivity contribution in [3.05, 3.63) is 53.6 Å².